The molecule has 0 nitrogen and oxygen atoms in total. The van der Waals surface area contributed by atoms with E-state index in [-0.39, 0.29) is 0 Å². The molecule has 0 N–H and O–H groups in total. The fourth-order valence-electron chi connectivity index (χ4n) is 0.372. The van der Waals surface area contributed by atoms with Crippen LogP contribution in [-0.4, -0.2) is 4.86 Å². The normalized spacial score (nSPS) is 8.86. The smallest absolute Gasteiger partial charge is 0.00715 e. The first-order valence-corrected chi connectivity index (χ1v) is 3.01. The van der Waals surface area contributed by atoms with Crippen LogP contribution in [0.5, 0.6) is 0 Å². The van der Waals surface area contributed by atoms with Crippen LogP contribution in [0, 0.1) is 6.42 Å². The third kappa shape index (κ3) is 3.93. The second kappa shape index (κ2) is 4.25. The van der Waals surface area contributed by atoms with E-state index in [1.165, 1.54) is 0 Å². The first-order chi connectivity index (χ1) is 3.31. The van der Waals surface area contributed by atoms with Gasteiger partial charge in [0, 0.05) is 0 Å². The lowest BCUT2D eigenvalue weighted by atomic mass is 10.2. The third-order valence-corrected chi connectivity index (χ3v) is 1.28. The molecule has 0 aromatic carbocycles. The summed E-state index contributed by atoms with van der Waals surface area (Å²) < 4.78 is 0. The van der Waals surface area contributed by atoms with Crippen molar-refractivity contribution in [2.24, 2.45) is 0 Å². The van der Waals surface area contributed by atoms with Crippen LogP contribution in [0.25, 0.3) is 0 Å². The van der Waals surface area contributed by atoms with Gasteiger partial charge in [0.25, 0.3) is 0 Å². The molecule has 1 heteroatoms. The number of thiocarbonyl (C=S) groups is 1. The van der Waals surface area contributed by atoms with Gasteiger partial charge in [-0.2, -0.15) is 0 Å². The monoisotopic (exact) mass is 115 g/mol. The van der Waals surface area contributed by atoms with E-state index in [1.54, 1.807) is 0 Å². The van der Waals surface area contributed by atoms with Crippen molar-refractivity contribution in [1.29, 1.82) is 0 Å². The first-order valence-electron chi connectivity index (χ1n) is 2.60. The molecule has 0 aliphatic carbocycles. The Morgan fingerprint density at radius 2 is 2.29 bits per heavy atom. The van der Waals surface area contributed by atoms with Crippen molar-refractivity contribution in [3.05, 3.63) is 6.42 Å². The highest BCUT2D eigenvalue weighted by Gasteiger charge is 1.86. The molecule has 0 fully saturated rings. The summed E-state index contributed by atoms with van der Waals surface area (Å²) in [5.74, 6) is 0. The second-order valence-corrected chi connectivity index (χ2v) is 2.08. The average Bonchev–Trinajstić information content (AvgIpc) is 1.68. The highest BCUT2D eigenvalue weighted by molar-refractivity contribution is 7.80. The van der Waals surface area contributed by atoms with Crippen molar-refractivity contribution < 1.29 is 0 Å². The van der Waals surface area contributed by atoms with Gasteiger partial charge in [-0.3, -0.25) is 0 Å². The fraction of sp³-hybridized carbons (Fsp3) is 0.667. The molecule has 0 aromatic heterocycles. The summed E-state index contributed by atoms with van der Waals surface area (Å²) in [5, 5.41) is 0. The van der Waals surface area contributed by atoms with Gasteiger partial charge in [-0.05, 0) is 24.1 Å². The van der Waals surface area contributed by atoms with Crippen LogP contribution < -0.4 is 0 Å². The molecule has 0 aliphatic heterocycles. The van der Waals surface area contributed by atoms with E-state index >= 15 is 0 Å². The van der Waals surface area contributed by atoms with Gasteiger partial charge >= 0.3 is 0 Å². The summed E-state index contributed by atoms with van der Waals surface area (Å²) in [7, 11) is 0. The van der Waals surface area contributed by atoms with Gasteiger partial charge < -0.3 is 0 Å². The predicted molar refractivity (Wildman–Crippen MR) is 37.5 cm³/mol. The molecule has 0 amide bonds. The standard InChI is InChI=1S/C6H11S/c1-3-5-6(7)4-2/h3H,4-5H2,1-2H3. The van der Waals surface area contributed by atoms with Crippen molar-refractivity contribution in [3.8, 4) is 0 Å². The van der Waals surface area contributed by atoms with E-state index < -0.39 is 0 Å². The predicted octanol–water partition coefficient (Wildman–Crippen LogP) is 2.38. The topological polar surface area (TPSA) is 0 Å². The minimum Gasteiger partial charge on any atom is -0.0897 e. The summed E-state index contributed by atoms with van der Waals surface area (Å²) in [4.78, 5) is 1.16. The fourth-order valence-corrected chi connectivity index (χ4v) is 0.539. The van der Waals surface area contributed by atoms with Crippen LogP contribution in [0.4, 0.5) is 0 Å². The molecule has 0 aromatic rings. The molecule has 41 valence electrons. The maximum absolute atomic E-state index is 4.92. The highest BCUT2D eigenvalue weighted by Crippen LogP contribution is 1.93. The van der Waals surface area contributed by atoms with Gasteiger partial charge in [0.05, 0.1) is 0 Å². The zero-order chi connectivity index (χ0) is 5.70. The largest absolute Gasteiger partial charge is 0.0897 e. The molecule has 0 aliphatic rings. The van der Waals surface area contributed by atoms with Crippen LogP contribution in [-0.2, 0) is 0 Å². The van der Waals surface area contributed by atoms with Gasteiger partial charge in [0.1, 0.15) is 0 Å². The Balaban J connectivity index is 3.00. The number of rotatable bonds is 3. The van der Waals surface area contributed by atoms with E-state index in [4.69, 9.17) is 12.2 Å². The van der Waals surface area contributed by atoms with Crippen molar-refractivity contribution in [1.82, 2.24) is 0 Å². The van der Waals surface area contributed by atoms with Crippen LogP contribution in [0.15, 0.2) is 0 Å². The maximum Gasteiger partial charge on any atom is -0.00715 e. The van der Waals surface area contributed by atoms with Gasteiger partial charge in [-0.1, -0.05) is 26.1 Å². The van der Waals surface area contributed by atoms with Crippen molar-refractivity contribution in [3.63, 3.8) is 0 Å². The molecule has 0 rings (SSSR count). The molecule has 0 unspecified atom stereocenters. The summed E-state index contributed by atoms with van der Waals surface area (Å²) in [6, 6.07) is 0. The molecular formula is C6H11S. The van der Waals surface area contributed by atoms with E-state index in [2.05, 4.69) is 13.3 Å². The average molecular weight is 115 g/mol. The second-order valence-electron chi connectivity index (χ2n) is 1.50. The van der Waals surface area contributed by atoms with Gasteiger partial charge in [-0.25, -0.2) is 0 Å². The number of hydrogen-bond donors (Lipinski definition) is 0. The summed E-state index contributed by atoms with van der Waals surface area (Å²) in [6.45, 7) is 4.12. The van der Waals surface area contributed by atoms with Gasteiger partial charge in [0.2, 0.25) is 0 Å². The minimum atomic E-state index is 1.01. The lowest BCUT2D eigenvalue weighted by molar-refractivity contribution is 1.20. The zero-order valence-electron chi connectivity index (χ0n) is 4.90. The summed E-state index contributed by atoms with van der Waals surface area (Å²) in [6.07, 6.45) is 4.14. The van der Waals surface area contributed by atoms with Crippen molar-refractivity contribution in [2.75, 3.05) is 0 Å². The Bertz CT molecular complexity index is 57.2. The SMILES string of the molecule is C[CH]CC(=S)CC. The highest BCUT2D eigenvalue weighted by atomic mass is 32.1. The maximum atomic E-state index is 4.92. The lowest BCUT2D eigenvalue weighted by Gasteiger charge is -1.91. The summed E-state index contributed by atoms with van der Waals surface area (Å²) in [5.41, 5.74) is 0. The van der Waals surface area contributed by atoms with Gasteiger partial charge in [-0.15, -0.1) is 0 Å². The van der Waals surface area contributed by atoms with Crippen LogP contribution in [0.1, 0.15) is 26.7 Å². The van der Waals surface area contributed by atoms with Crippen molar-refractivity contribution >= 4 is 17.1 Å². The van der Waals surface area contributed by atoms with E-state index in [1.807, 2.05) is 6.92 Å². The molecule has 1 radical (unpaired) electrons. The van der Waals surface area contributed by atoms with E-state index in [0.717, 1.165) is 17.7 Å². The molecular weight excluding hydrogens is 104 g/mol. The summed E-state index contributed by atoms with van der Waals surface area (Å²) >= 11 is 4.92. The molecule has 0 saturated heterocycles. The van der Waals surface area contributed by atoms with E-state index in [0.29, 0.717) is 0 Å². The minimum absolute atomic E-state index is 1.01. The molecule has 7 heavy (non-hydrogen) atoms. The quantitative estimate of drug-likeness (QED) is 0.509. The Morgan fingerprint density at radius 3 is 2.43 bits per heavy atom. The third-order valence-electron chi connectivity index (χ3n) is 0.826. The Hall–Kier alpha value is 0.0900. The Morgan fingerprint density at radius 1 is 1.71 bits per heavy atom. The molecule has 0 saturated carbocycles. The molecule has 0 bridgehead atoms. The lowest BCUT2D eigenvalue weighted by Crippen LogP contribution is -1.88. The molecule has 0 spiro atoms. The van der Waals surface area contributed by atoms with Crippen molar-refractivity contribution in [2.45, 2.75) is 26.7 Å². The van der Waals surface area contributed by atoms with E-state index in [9.17, 15) is 0 Å². The molecule has 0 atom stereocenters. The Kier molecular flexibility index (Phi) is 4.31. The van der Waals surface area contributed by atoms with Crippen LogP contribution >= 0.6 is 12.2 Å². The zero-order valence-corrected chi connectivity index (χ0v) is 5.72. The number of hydrogen-bond acceptors (Lipinski definition) is 1. The molecule has 0 heterocycles. The Labute approximate surface area is 50.9 Å². The van der Waals surface area contributed by atoms with Crippen LogP contribution in [0.2, 0.25) is 0 Å². The first kappa shape index (κ1) is 7.09. The van der Waals surface area contributed by atoms with Crippen LogP contribution in [0.3, 0.4) is 0 Å². The van der Waals surface area contributed by atoms with Gasteiger partial charge in [0.15, 0.2) is 0 Å².